The van der Waals surface area contributed by atoms with Crippen molar-refractivity contribution in [2.45, 2.75) is 103 Å². The largest absolute Gasteiger partial charge is 0.481 e. The lowest BCUT2D eigenvalue weighted by Crippen LogP contribution is -2.01. The van der Waals surface area contributed by atoms with Crippen LogP contribution >= 0.6 is 0 Å². The van der Waals surface area contributed by atoms with E-state index in [0.29, 0.717) is 24.8 Å². The minimum Gasteiger partial charge on any atom is -0.481 e. The van der Waals surface area contributed by atoms with Gasteiger partial charge in [-0.05, 0) is 32.1 Å². The Labute approximate surface area is 147 Å². The summed E-state index contributed by atoms with van der Waals surface area (Å²) in [6, 6.07) is 0. The van der Waals surface area contributed by atoms with Gasteiger partial charge in [0.15, 0.2) is 0 Å². The number of aliphatic carboxylic acids is 2. The van der Waals surface area contributed by atoms with Crippen LogP contribution in [0.2, 0.25) is 0 Å². The van der Waals surface area contributed by atoms with Crippen LogP contribution in [0, 0.1) is 0 Å². The molecule has 0 fully saturated rings. The Hall–Kier alpha value is -1.32. The van der Waals surface area contributed by atoms with Crippen LogP contribution in [0.3, 0.4) is 0 Å². The highest BCUT2D eigenvalue weighted by Gasteiger charge is 2.07. The molecular formula is C20H36O4. The van der Waals surface area contributed by atoms with E-state index in [9.17, 15) is 9.59 Å². The molecule has 0 bridgehead atoms. The van der Waals surface area contributed by atoms with Crippen molar-refractivity contribution in [2.75, 3.05) is 0 Å². The topological polar surface area (TPSA) is 74.6 Å². The van der Waals surface area contributed by atoms with E-state index in [0.717, 1.165) is 19.3 Å². The van der Waals surface area contributed by atoms with E-state index >= 15 is 0 Å². The van der Waals surface area contributed by atoms with Gasteiger partial charge in [0.2, 0.25) is 0 Å². The van der Waals surface area contributed by atoms with Crippen LogP contribution in [-0.2, 0) is 9.59 Å². The summed E-state index contributed by atoms with van der Waals surface area (Å²) in [5.74, 6) is -1.68. The second-order valence-electron chi connectivity index (χ2n) is 6.61. The maximum atomic E-state index is 11.2. The lowest BCUT2D eigenvalue weighted by molar-refractivity contribution is -0.137. The summed E-state index contributed by atoms with van der Waals surface area (Å²) in [6.45, 7) is 2.24. The lowest BCUT2D eigenvalue weighted by Gasteiger charge is -2.03. The molecular weight excluding hydrogens is 304 g/mol. The summed E-state index contributed by atoms with van der Waals surface area (Å²) in [6.07, 6.45) is 17.2. The number of rotatable bonds is 17. The van der Waals surface area contributed by atoms with Crippen molar-refractivity contribution >= 4 is 11.9 Å². The van der Waals surface area contributed by atoms with Crippen LogP contribution in [0.5, 0.6) is 0 Å². The van der Waals surface area contributed by atoms with E-state index in [2.05, 4.69) is 6.92 Å². The molecule has 0 rings (SSSR count). The Balaban J connectivity index is 3.62. The summed E-state index contributed by atoms with van der Waals surface area (Å²) in [4.78, 5) is 21.6. The lowest BCUT2D eigenvalue weighted by atomic mass is 10.0. The summed E-state index contributed by atoms with van der Waals surface area (Å²) < 4.78 is 0. The molecule has 0 aromatic heterocycles. The zero-order valence-corrected chi connectivity index (χ0v) is 15.4. The molecule has 0 aromatic carbocycles. The maximum Gasteiger partial charge on any atom is 0.331 e. The first kappa shape index (κ1) is 22.7. The van der Waals surface area contributed by atoms with Crippen molar-refractivity contribution < 1.29 is 19.8 Å². The van der Waals surface area contributed by atoms with E-state index in [4.69, 9.17) is 10.2 Å². The van der Waals surface area contributed by atoms with Gasteiger partial charge in [0.1, 0.15) is 0 Å². The third kappa shape index (κ3) is 15.6. The minimum atomic E-state index is -0.864. The highest BCUT2D eigenvalue weighted by atomic mass is 16.4. The fourth-order valence-corrected chi connectivity index (χ4v) is 2.80. The van der Waals surface area contributed by atoms with E-state index in [-0.39, 0.29) is 6.42 Å². The van der Waals surface area contributed by atoms with Gasteiger partial charge in [0.25, 0.3) is 0 Å². The fourth-order valence-electron chi connectivity index (χ4n) is 2.80. The number of allylic oxidation sites excluding steroid dienone is 1. The second-order valence-corrected chi connectivity index (χ2v) is 6.61. The molecule has 0 saturated carbocycles. The highest BCUT2D eigenvalue weighted by Crippen LogP contribution is 2.14. The van der Waals surface area contributed by atoms with Gasteiger partial charge >= 0.3 is 11.9 Å². The molecule has 140 valence electrons. The molecule has 2 N–H and O–H groups in total. The van der Waals surface area contributed by atoms with E-state index in [1.54, 1.807) is 0 Å². The SMILES string of the molecule is CCCCCCCCCCCCC=C(CCCCC(=O)O)C(=O)O. The van der Waals surface area contributed by atoms with Crippen LogP contribution in [0.15, 0.2) is 11.6 Å². The van der Waals surface area contributed by atoms with Gasteiger partial charge in [-0.1, -0.05) is 70.8 Å². The van der Waals surface area contributed by atoms with E-state index in [1.807, 2.05) is 6.08 Å². The Morgan fingerprint density at radius 1 is 0.708 bits per heavy atom. The molecule has 0 saturated heterocycles. The number of hydrogen-bond donors (Lipinski definition) is 2. The summed E-state index contributed by atoms with van der Waals surface area (Å²) >= 11 is 0. The quantitative estimate of drug-likeness (QED) is 0.253. The van der Waals surface area contributed by atoms with Crippen molar-refractivity contribution in [3.63, 3.8) is 0 Å². The Kier molecular flexibility index (Phi) is 15.6. The highest BCUT2D eigenvalue weighted by molar-refractivity contribution is 5.86. The summed E-state index contributed by atoms with van der Waals surface area (Å²) in [5.41, 5.74) is 0.441. The molecule has 0 spiro atoms. The molecule has 0 atom stereocenters. The molecule has 0 aliphatic heterocycles. The number of carbonyl (C=O) groups is 2. The Morgan fingerprint density at radius 2 is 1.21 bits per heavy atom. The predicted molar refractivity (Wildman–Crippen MR) is 98.3 cm³/mol. The van der Waals surface area contributed by atoms with Gasteiger partial charge < -0.3 is 10.2 Å². The monoisotopic (exact) mass is 340 g/mol. The second kappa shape index (κ2) is 16.5. The van der Waals surface area contributed by atoms with Crippen molar-refractivity contribution in [3.8, 4) is 0 Å². The molecule has 0 aromatic rings. The number of hydrogen-bond acceptors (Lipinski definition) is 2. The normalized spacial score (nSPS) is 11.6. The standard InChI is InChI=1S/C20H36O4/c1-2-3-4-5-6-7-8-9-10-11-12-15-18(20(23)24)16-13-14-17-19(21)22/h15H,2-14,16-17H2,1H3,(H,21,22)(H,23,24). The molecule has 4 heteroatoms. The average Bonchev–Trinajstić information content (AvgIpc) is 2.53. The molecule has 0 aliphatic carbocycles. The van der Waals surface area contributed by atoms with Crippen molar-refractivity contribution in [2.24, 2.45) is 0 Å². The van der Waals surface area contributed by atoms with Gasteiger partial charge in [0, 0.05) is 12.0 Å². The number of carboxylic acids is 2. The zero-order valence-electron chi connectivity index (χ0n) is 15.4. The van der Waals surface area contributed by atoms with Crippen LogP contribution in [-0.4, -0.2) is 22.2 Å². The predicted octanol–water partition coefficient (Wildman–Crippen LogP) is 5.95. The average molecular weight is 341 g/mol. The zero-order chi connectivity index (χ0) is 18.0. The molecule has 0 heterocycles. The Bertz CT molecular complexity index is 361. The van der Waals surface area contributed by atoms with Gasteiger partial charge in [-0.2, -0.15) is 0 Å². The number of carboxylic acid groups (broad SMARTS) is 2. The molecule has 0 aliphatic rings. The van der Waals surface area contributed by atoms with Crippen LogP contribution < -0.4 is 0 Å². The van der Waals surface area contributed by atoms with Crippen molar-refractivity contribution in [3.05, 3.63) is 11.6 Å². The fraction of sp³-hybridized carbons (Fsp3) is 0.800. The van der Waals surface area contributed by atoms with E-state index < -0.39 is 11.9 Å². The van der Waals surface area contributed by atoms with Gasteiger partial charge in [-0.3, -0.25) is 4.79 Å². The summed E-state index contributed by atoms with van der Waals surface area (Å²) in [5, 5.41) is 17.7. The first-order valence-corrected chi connectivity index (χ1v) is 9.72. The van der Waals surface area contributed by atoms with Crippen LogP contribution in [0.1, 0.15) is 103 Å². The van der Waals surface area contributed by atoms with Crippen molar-refractivity contribution in [1.82, 2.24) is 0 Å². The third-order valence-corrected chi connectivity index (χ3v) is 4.31. The maximum absolute atomic E-state index is 11.2. The summed E-state index contributed by atoms with van der Waals surface area (Å²) in [7, 11) is 0. The van der Waals surface area contributed by atoms with Gasteiger partial charge in [-0.15, -0.1) is 0 Å². The Morgan fingerprint density at radius 3 is 1.71 bits per heavy atom. The third-order valence-electron chi connectivity index (χ3n) is 4.31. The van der Waals surface area contributed by atoms with Gasteiger partial charge in [0.05, 0.1) is 0 Å². The van der Waals surface area contributed by atoms with Gasteiger partial charge in [-0.25, -0.2) is 4.79 Å². The molecule has 4 nitrogen and oxygen atoms in total. The van der Waals surface area contributed by atoms with Crippen LogP contribution in [0.25, 0.3) is 0 Å². The minimum absolute atomic E-state index is 0.116. The molecule has 0 unspecified atom stereocenters. The van der Waals surface area contributed by atoms with Crippen molar-refractivity contribution in [1.29, 1.82) is 0 Å². The smallest absolute Gasteiger partial charge is 0.331 e. The molecule has 0 amide bonds. The van der Waals surface area contributed by atoms with E-state index in [1.165, 1.54) is 51.4 Å². The molecule has 0 radical (unpaired) electrons. The first-order chi connectivity index (χ1) is 11.6. The number of unbranched alkanes of at least 4 members (excludes halogenated alkanes) is 11. The first-order valence-electron chi connectivity index (χ1n) is 9.72. The molecule has 24 heavy (non-hydrogen) atoms. The van der Waals surface area contributed by atoms with Crippen LogP contribution in [0.4, 0.5) is 0 Å².